The van der Waals surface area contributed by atoms with Crippen LogP contribution in [0, 0.1) is 5.95 Å². The molecule has 0 spiro atoms. The number of nitrogens with zero attached hydrogens (tertiary/aromatic N) is 3. The lowest BCUT2D eigenvalue weighted by atomic mass is 10.00. The highest BCUT2D eigenvalue weighted by Crippen LogP contribution is 2.25. The molecule has 1 aliphatic rings. The number of aromatic amines is 1. The molecule has 0 saturated carbocycles. The second kappa shape index (κ2) is 8.61. The Morgan fingerprint density at radius 2 is 2.23 bits per heavy atom. The van der Waals surface area contributed by atoms with Crippen LogP contribution in [0.1, 0.15) is 33.6 Å². The second-order valence-electron chi connectivity index (χ2n) is 7.36. The topological polar surface area (TPSA) is 91.0 Å². The first-order valence-corrected chi connectivity index (χ1v) is 9.93. The van der Waals surface area contributed by atoms with Crippen molar-refractivity contribution in [2.75, 3.05) is 20.1 Å². The molecule has 3 aromatic rings. The molecule has 0 aliphatic carbocycles. The maximum Gasteiger partial charge on any atom is 0.269 e. The molecule has 8 heteroatoms. The molecule has 4 rings (SSSR count). The number of carbonyl (C=O) groups excluding carboxylic acids is 1. The van der Waals surface area contributed by atoms with Gasteiger partial charge >= 0.3 is 0 Å². The van der Waals surface area contributed by atoms with Crippen molar-refractivity contribution < 1.29 is 9.18 Å². The van der Waals surface area contributed by atoms with Crippen LogP contribution in [0.25, 0.3) is 22.7 Å². The zero-order valence-electron chi connectivity index (χ0n) is 17.1. The number of fused-ring (bicyclic) bond motifs is 1. The second-order valence-corrected chi connectivity index (χ2v) is 7.36. The van der Waals surface area contributed by atoms with Crippen molar-refractivity contribution in [1.29, 1.82) is 0 Å². The predicted molar refractivity (Wildman–Crippen MR) is 118 cm³/mol. The van der Waals surface area contributed by atoms with Gasteiger partial charge in [-0.25, -0.2) is 4.98 Å². The molecule has 1 aliphatic heterocycles. The van der Waals surface area contributed by atoms with Gasteiger partial charge in [-0.2, -0.15) is 4.39 Å². The Bertz CT molecular complexity index is 1260. The highest BCUT2D eigenvalue weighted by atomic mass is 19.1. The van der Waals surface area contributed by atoms with Gasteiger partial charge in [-0.1, -0.05) is 18.7 Å². The van der Waals surface area contributed by atoms with Crippen molar-refractivity contribution in [3.05, 3.63) is 81.8 Å². The minimum absolute atomic E-state index is 0.0591. The van der Waals surface area contributed by atoms with E-state index in [0.29, 0.717) is 41.7 Å². The number of aromatic nitrogens is 3. The molecule has 158 valence electrons. The standard InChI is InChI=1S/C23H22FN5O2/c1-3-15-11-19-20(28-22(15)30)10-14(12-26-19)13-29-8-6-16(7-9-29)17-4-5-18(23(31)25-2)27-21(17)24/h3-6,10-12H,1,7-9,13H2,2H3,(H,25,31)(H,28,30). The van der Waals surface area contributed by atoms with Crippen LogP contribution >= 0.6 is 0 Å². The smallest absolute Gasteiger partial charge is 0.269 e. The maximum absolute atomic E-state index is 14.4. The number of carbonyl (C=O) groups is 1. The Balaban J connectivity index is 1.48. The zero-order valence-corrected chi connectivity index (χ0v) is 17.1. The van der Waals surface area contributed by atoms with E-state index in [1.165, 1.54) is 19.2 Å². The first kappa shape index (κ1) is 20.6. The van der Waals surface area contributed by atoms with Crippen LogP contribution in [0.2, 0.25) is 0 Å². The van der Waals surface area contributed by atoms with Crippen LogP contribution in [0.3, 0.4) is 0 Å². The van der Waals surface area contributed by atoms with Gasteiger partial charge in [0.1, 0.15) is 5.69 Å². The highest BCUT2D eigenvalue weighted by Gasteiger charge is 2.18. The number of pyridine rings is 3. The van der Waals surface area contributed by atoms with Crippen LogP contribution in [0.15, 0.2) is 47.9 Å². The summed E-state index contributed by atoms with van der Waals surface area (Å²) in [6.07, 6.45) is 5.96. The summed E-state index contributed by atoms with van der Waals surface area (Å²) in [6.45, 7) is 5.69. The molecule has 0 bridgehead atoms. The van der Waals surface area contributed by atoms with Crippen molar-refractivity contribution in [1.82, 2.24) is 25.2 Å². The van der Waals surface area contributed by atoms with E-state index in [1.54, 1.807) is 18.3 Å². The van der Waals surface area contributed by atoms with E-state index >= 15 is 0 Å². The summed E-state index contributed by atoms with van der Waals surface area (Å²) in [5.74, 6) is -1.05. The molecule has 3 aromatic heterocycles. The van der Waals surface area contributed by atoms with Crippen LogP contribution in [-0.4, -0.2) is 45.9 Å². The lowest BCUT2D eigenvalue weighted by Crippen LogP contribution is -2.28. The Morgan fingerprint density at radius 3 is 2.90 bits per heavy atom. The van der Waals surface area contributed by atoms with Crippen molar-refractivity contribution in [2.24, 2.45) is 0 Å². The monoisotopic (exact) mass is 419 g/mol. The van der Waals surface area contributed by atoms with E-state index in [0.717, 1.165) is 17.7 Å². The molecule has 1 amide bonds. The SMILES string of the molecule is C=Cc1cc2ncc(CN3CC=C(c4ccc(C(=O)NC)nc4F)CC3)cc2[nH]c1=O. The van der Waals surface area contributed by atoms with Crippen molar-refractivity contribution in [3.63, 3.8) is 0 Å². The number of amides is 1. The number of nitrogens with one attached hydrogen (secondary N) is 2. The summed E-state index contributed by atoms with van der Waals surface area (Å²) >= 11 is 0. The summed E-state index contributed by atoms with van der Waals surface area (Å²) in [5.41, 5.74) is 4.04. The fraction of sp³-hybridized carbons (Fsp3) is 0.217. The Labute approximate surface area is 178 Å². The molecule has 31 heavy (non-hydrogen) atoms. The quantitative estimate of drug-likeness (QED) is 0.621. The first-order valence-electron chi connectivity index (χ1n) is 9.93. The van der Waals surface area contributed by atoms with E-state index in [-0.39, 0.29) is 11.3 Å². The van der Waals surface area contributed by atoms with Gasteiger partial charge in [0.05, 0.1) is 11.0 Å². The Hall–Kier alpha value is -3.65. The molecule has 4 heterocycles. The van der Waals surface area contributed by atoms with E-state index in [1.807, 2.05) is 12.1 Å². The molecule has 2 N–H and O–H groups in total. The van der Waals surface area contributed by atoms with Crippen LogP contribution in [-0.2, 0) is 6.54 Å². The molecule has 0 atom stereocenters. The third-order valence-electron chi connectivity index (χ3n) is 5.35. The van der Waals surface area contributed by atoms with Gasteiger partial charge in [-0.05, 0) is 41.8 Å². The molecule has 0 saturated heterocycles. The molecule has 0 radical (unpaired) electrons. The fourth-order valence-electron chi connectivity index (χ4n) is 3.67. The summed E-state index contributed by atoms with van der Waals surface area (Å²) in [5, 5.41) is 2.44. The minimum Gasteiger partial charge on any atom is -0.354 e. The Kier molecular flexibility index (Phi) is 5.73. The van der Waals surface area contributed by atoms with Gasteiger partial charge < -0.3 is 10.3 Å². The molecule has 0 aromatic carbocycles. The highest BCUT2D eigenvalue weighted by molar-refractivity contribution is 5.92. The van der Waals surface area contributed by atoms with Gasteiger partial charge in [0, 0.05) is 44.0 Å². The average Bonchev–Trinajstić information content (AvgIpc) is 2.78. The maximum atomic E-state index is 14.4. The van der Waals surface area contributed by atoms with Crippen molar-refractivity contribution in [2.45, 2.75) is 13.0 Å². The third-order valence-corrected chi connectivity index (χ3v) is 5.35. The predicted octanol–water partition coefficient (Wildman–Crippen LogP) is 2.75. The van der Waals surface area contributed by atoms with E-state index < -0.39 is 11.9 Å². The van der Waals surface area contributed by atoms with E-state index in [2.05, 4.69) is 31.7 Å². The fourth-order valence-corrected chi connectivity index (χ4v) is 3.67. The molecule has 0 unspecified atom stereocenters. The first-order chi connectivity index (χ1) is 15.0. The van der Waals surface area contributed by atoms with Crippen LogP contribution in [0.5, 0.6) is 0 Å². The van der Waals surface area contributed by atoms with Crippen molar-refractivity contribution in [3.8, 4) is 0 Å². The zero-order chi connectivity index (χ0) is 22.0. The van der Waals surface area contributed by atoms with Crippen LogP contribution in [0.4, 0.5) is 4.39 Å². The normalized spacial score (nSPS) is 14.3. The van der Waals surface area contributed by atoms with Gasteiger partial charge in [0.15, 0.2) is 0 Å². The van der Waals surface area contributed by atoms with E-state index in [9.17, 15) is 14.0 Å². The summed E-state index contributed by atoms with van der Waals surface area (Å²) in [6, 6.07) is 6.79. The molecular weight excluding hydrogens is 397 g/mol. The largest absolute Gasteiger partial charge is 0.354 e. The molecular formula is C23H22FN5O2. The lowest BCUT2D eigenvalue weighted by Gasteiger charge is -2.26. The van der Waals surface area contributed by atoms with Gasteiger partial charge in [0.2, 0.25) is 5.95 Å². The third kappa shape index (κ3) is 4.29. The summed E-state index contributed by atoms with van der Waals surface area (Å²) in [4.78, 5) is 36.9. The van der Waals surface area contributed by atoms with E-state index in [4.69, 9.17) is 0 Å². The van der Waals surface area contributed by atoms with Gasteiger partial charge in [-0.3, -0.25) is 19.5 Å². The number of hydrogen-bond acceptors (Lipinski definition) is 5. The average molecular weight is 419 g/mol. The number of halogens is 1. The Morgan fingerprint density at radius 1 is 1.39 bits per heavy atom. The number of rotatable bonds is 5. The van der Waals surface area contributed by atoms with Gasteiger partial charge in [0.25, 0.3) is 11.5 Å². The number of H-pyrrole nitrogens is 1. The van der Waals surface area contributed by atoms with Crippen LogP contribution < -0.4 is 10.9 Å². The summed E-state index contributed by atoms with van der Waals surface area (Å²) < 4.78 is 14.4. The summed E-state index contributed by atoms with van der Waals surface area (Å²) in [7, 11) is 1.48. The lowest BCUT2D eigenvalue weighted by molar-refractivity contribution is 0.0957. The van der Waals surface area contributed by atoms with Gasteiger partial charge in [-0.15, -0.1) is 0 Å². The molecule has 7 nitrogen and oxygen atoms in total. The molecule has 0 fully saturated rings. The minimum atomic E-state index is -0.637. The van der Waals surface area contributed by atoms with Crippen molar-refractivity contribution >= 4 is 28.6 Å². The number of hydrogen-bond donors (Lipinski definition) is 2.